The van der Waals surface area contributed by atoms with E-state index >= 15 is 0 Å². The van der Waals surface area contributed by atoms with Crippen LogP contribution in [0.4, 0.5) is 0 Å². The van der Waals surface area contributed by atoms with Crippen LogP contribution in [0.15, 0.2) is 12.3 Å². The second kappa shape index (κ2) is 4.42. The van der Waals surface area contributed by atoms with Crippen LogP contribution in [0.1, 0.15) is 25.5 Å². The zero-order valence-corrected chi connectivity index (χ0v) is 10.7. The summed E-state index contributed by atoms with van der Waals surface area (Å²) in [6.07, 6.45) is 4.64. The molecule has 17 heavy (non-hydrogen) atoms. The average Bonchev–Trinajstić information content (AvgIpc) is 3.03. The number of nitrogens with one attached hydrogen (secondary N) is 1. The van der Waals surface area contributed by atoms with Crippen molar-refractivity contribution in [1.82, 2.24) is 20.0 Å². The smallest absolute Gasteiger partial charge is 0.0524 e. The zero-order valence-electron chi connectivity index (χ0n) is 10.7. The minimum atomic E-state index is 0.580. The SMILES string of the molecule is CCn1nccc1CN1CCC2(CCNC2)C1. The fraction of sp³-hybridized carbons (Fsp3) is 0.769. The lowest BCUT2D eigenvalue weighted by Gasteiger charge is -2.22. The Bertz CT molecular complexity index is 379. The van der Waals surface area contributed by atoms with E-state index in [9.17, 15) is 0 Å². The molecule has 0 amide bonds. The summed E-state index contributed by atoms with van der Waals surface area (Å²) in [6.45, 7) is 9.13. The number of hydrogen-bond acceptors (Lipinski definition) is 3. The number of aryl methyl sites for hydroxylation is 1. The molecule has 1 atom stereocenters. The maximum absolute atomic E-state index is 4.34. The number of aromatic nitrogens is 2. The molecule has 1 aromatic heterocycles. The Labute approximate surface area is 103 Å². The van der Waals surface area contributed by atoms with E-state index in [0.717, 1.165) is 13.1 Å². The monoisotopic (exact) mass is 234 g/mol. The summed E-state index contributed by atoms with van der Waals surface area (Å²) in [5.74, 6) is 0. The van der Waals surface area contributed by atoms with Gasteiger partial charge in [0.15, 0.2) is 0 Å². The van der Waals surface area contributed by atoms with Crippen molar-refractivity contribution in [2.24, 2.45) is 5.41 Å². The van der Waals surface area contributed by atoms with Gasteiger partial charge in [0.05, 0.1) is 5.69 Å². The molecule has 0 aliphatic carbocycles. The molecule has 0 saturated carbocycles. The van der Waals surface area contributed by atoms with Crippen LogP contribution in [-0.4, -0.2) is 40.9 Å². The van der Waals surface area contributed by atoms with Gasteiger partial charge in [0.25, 0.3) is 0 Å². The van der Waals surface area contributed by atoms with Gasteiger partial charge in [-0.05, 0) is 44.3 Å². The second-order valence-corrected chi connectivity index (χ2v) is 5.53. The van der Waals surface area contributed by atoms with Crippen LogP contribution in [0.3, 0.4) is 0 Å². The standard InChI is InChI=1S/C13H22N4/c1-2-17-12(3-6-15-17)9-16-8-5-13(11-16)4-7-14-10-13/h3,6,14H,2,4-5,7-11H2,1H3. The van der Waals surface area contributed by atoms with E-state index in [1.54, 1.807) is 0 Å². The third-order valence-electron chi connectivity index (χ3n) is 4.34. The van der Waals surface area contributed by atoms with Gasteiger partial charge in [0, 0.05) is 32.4 Å². The Morgan fingerprint density at radius 3 is 3.18 bits per heavy atom. The molecule has 1 N–H and O–H groups in total. The van der Waals surface area contributed by atoms with E-state index in [0.29, 0.717) is 5.41 Å². The quantitative estimate of drug-likeness (QED) is 0.850. The van der Waals surface area contributed by atoms with Crippen LogP contribution >= 0.6 is 0 Å². The van der Waals surface area contributed by atoms with Gasteiger partial charge in [-0.2, -0.15) is 5.10 Å². The topological polar surface area (TPSA) is 33.1 Å². The summed E-state index contributed by atoms with van der Waals surface area (Å²) in [5.41, 5.74) is 1.94. The Morgan fingerprint density at radius 2 is 2.41 bits per heavy atom. The lowest BCUT2D eigenvalue weighted by atomic mass is 9.87. The molecule has 2 saturated heterocycles. The molecule has 0 aromatic carbocycles. The molecule has 4 nitrogen and oxygen atoms in total. The fourth-order valence-corrected chi connectivity index (χ4v) is 3.31. The van der Waals surface area contributed by atoms with E-state index in [1.807, 2.05) is 6.20 Å². The summed E-state index contributed by atoms with van der Waals surface area (Å²) in [7, 11) is 0. The highest BCUT2D eigenvalue weighted by Crippen LogP contribution is 2.36. The van der Waals surface area contributed by atoms with Crippen molar-refractivity contribution >= 4 is 0 Å². The van der Waals surface area contributed by atoms with E-state index < -0.39 is 0 Å². The lowest BCUT2D eigenvalue weighted by molar-refractivity contribution is 0.262. The van der Waals surface area contributed by atoms with Crippen molar-refractivity contribution in [3.8, 4) is 0 Å². The summed E-state index contributed by atoms with van der Waals surface area (Å²) < 4.78 is 2.11. The van der Waals surface area contributed by atoms with Gasteiger partial charge in [-0.3, -0.25) is 9.58 Å². The predicted octanol–water partition coefficient (Wildman–Crippen LogP) is 1.09. The molecule has 0 bridgehead atoms. The highest BCUT2D eigenvalue weighted by atomic mass is 15.3. The van der Waals surface area contributed by atoms with Gasteiger partial charge in [-0.25, -0.2) is 0 Å². The maximum atomic E-state index is 4.34. The van der Waals surface area contributed by atoms with Gasteiger partial charge in [-0.1, -0.05) is 0 Å². The normalized spacial score (nSPS) is 29.5. The highest BCUT2D eigenvalue weighted by Gasteiger charge is 2.40. The summed E-state index contributed by atoms with van der Waals surface area (Å²) in [6, 6.07) is 2.15. The molecule has 1 spiro atoms. The van der Waals surface area contributed by atoms with Gasteiger partial charge in [0.2, 0.25) is 0 Å². The molecule has 2 fully saturated rings. The molecule has 4 heteroatoms. The molecule has 94 valence electrons. The molecular weight excluding hydrogens is 212 g/mol. The van der Waals surface area contributed by atoms with Gasteiger partial charge in [-0.15, -0.1) is 0 Å². The Hall–Kier alpha value is -0.870. The van der Waals surface area contributed by atoms with E-state index in [-0.39, 0.29) is 0 Å². The summed E-state index contributed by atoms with van der Waals surface area (Å²) >= 11 is 0. The minimum absolute atomic E-state index is 0.580. The summed E-state index contributed by atoms with van der Waals surface area (Å²) in [4.78, 5) is 2.59. The van der Waals surface area contributed by atoms with E-state index in [1.165, 1.54) is 44.7 Å². The van der Waals surface area contributed by atoms with Gasteiger partial charge < -0.3 is 5.32 Å². The average molecular weight is 234 g/mol. The van der Waals surface area contributed by atoms with Crippen molar-refractivity contribution in [1.29, 1.82) is 0 Å². The first kappa shape index (κ1) is 11.2. The van der Waals surface area contributed by atoms with Crippen molar-refractivity contribution in [3.63, 3.8) is 0 Å². The molecular formula is C13H22N4. The molecule has 1 unspecified atom stereocenters. The first-order valence-corrected chi connectivity index (χ1v) is 6.75. The van der Waals surface area contributed by atoms with Crippen LogP contribution in [0, 0.1) is 5.41 Å². The lowest BCUT2D eigenvalue weighted by Crippen LogP contribution is -2.29. The molecule has 3 heterocycles. The Balaban J connectivity index is 1.64. The van der Waals surface area contributed by atoms with E-state index in [2.05, 4.69) is 33.0 Å². The van der Waals surface area contributed by atoms with Crippen LogP contribution in [0.5, 0.6) is 0 Å². The van der Waals surface area contributed by atoms with Crippen LogP contribution < -0.4 is 5.32 Å². The fourth-order valence-electron chi connectivity index (χ4n) is 3.31. The summed E-state index contributed by atoms with van der Waals surface area (Å²) in [5, 5.41) is 7.86. The van der Waals surface area contributed by atoms with Crippen LogP contribution in [0.2, 0.25) is 0 Å². The first-order chi connectivity index (χ1) is 8.31. The minimum Gasteiger partial charge on any atom is -0.316 e. The van der Waals surface area contributed by atoms with Gasteiger partial charge >= 0.3 is 0 Å². The van der Waals surface area contributed by atoms with E-state index in [4.69, 9.17) is 0 Å². The van der Waals surface area contributed by atoms with Crippen LogP contribution in [0.25, 0.3) is 0 Å². The second-order valence-electron chi connectivity index (χ2n) is 5.53. The number of rotatable bonds is 3. The Morgan fingerprint density at radius 1 is 1.47 bits per heavy atom. The maximum Gasteiger partial charge on any atom is 0.0524 e. The molecule has 2 aliphatic rings. The van der Waals surface area contributed by atoms with Crippen molar-refractivity contribution < 1.29 is 0 Å². The van der Waals surface area contributed by atoms with Crippen molar-refractivity contribution in [2.45, 2.75) is 32.9 Å². The third-order valence-corrected chi connectivity index (χ3v) is 4.34. The van der Waals surface area contributed by atoms with Gasteiger partial charge in [0.1, 0.15) is 0 Å². The van der Waals surface area contributed by atoms with Crippen molar-refractivity contribution in [3.05, 3.63) is 18.0 Å². The van der Waals surface area contributed by atoms with Crippen molar-refractivity contribution in [2.75, 3.05) is 26.2 Å². The number of hydrogen-bond donors (Lipinski definition) is 1. The molecule has 1 aromatic rings. The predicted molar refractivity (Wildman–Crippen MR) is 67.7 cm³/mol. The zero-order chi connectivity index (χ0) is 11.7. The largest absolute Gasteiger partial charge is 0.316 e. The third kappa shape index (κ3) is 2.11. The Kier molecular flexibility index (Phi) is 2.92. The molecule has 0 radical (unpaired) electrons. The number of nitrogens with zero attached hydrogens (tertiary/aromatic N) is 3. The first-order valence-electron chi connectivity index (χ1n) is 6.75. The number of likely N-dealkylation sites (tertiary alicyclic amines) is 1. The molecule has 2 aliphatic heterocycles. The van der Waals surface area contributed by atoms with Crippen LogP contribution in [-0.2, 0) is 13.1 Å². The molecule has 3 rings (SSSR count). The highest BCUT2D eigenvalue weighted by molar-refractivity contribution is 5.03.